The largest absolute Gasteiger partial charge is 0.494 e. The molecule has 0 saturated carbocycles. The number of rotatable bonds is 6. The molecule has 6 nitrogen and oxygen atoms in total. The molecule has 2 N–H and O–H groups in total. The summed E-state index contributed by atoms with van der Waals surface area (Å²) in [5.74, 6) is 0.336. The van der Waals surface area contributed by atoms with Gasteiger partial charge in [-0.25, -0.2) is 0 Å². The molecule has 162 valence electrons. The van der Waals surface area contributed by atoms with Gasteiger partial charge in [-0.3, -0.25) is 14.5 Å². The van der Waals surface area contributed by atoms with Crippen LogP contribution in [0.3, 0.4) is 0 Å². The van der Waals surface area contributed by atoms with E-state index in [2.05, 4.69) is 22.5 Å². The van der Waals surface area contributed by atoms with E-state index in [0.29, 0.717) is 13.2 Å². The van der Waals surface area contributed by atoms with E-state index in [-0.39, 0.29) is 17.9 Å². The Kier molecular flexibility index (Phi) is 5.18. The molecule has 2 aromatic rings. The average Bonchev–Trinajstić information content (AvgIpc) is 3.45. The summed E-state index contributed by atoms with van der Waals surface area (Å²) in [6.45, 7) is 4.07. The normalized spacial score (nSPS) is 26.5. The maximum Gasteiger partial charge on any atom is 0.250 e. The van der Waals surface area contributed by atoms with Crippen molar-refractivity contribution in [3.05, 3.63) is 59.7 Å². The van der Waals surface area contributed by atoms with Crippen LogP contribution >= 0.6 is 0 Å². The number of nitrogens with zero attached hydrogens (tertiary/aromatic N) is 1. The zero-order valence-corrected chi connectivity index (χ0v) is 17.9. The highest BCUT2D eigenvalue weighted by Gasteiger charge is 2.65. The van der Waals surface area contributed by atoms with E-state index in [9.17, 15) is 9.59 Å². The summed E-state index contributed by atoms with van der Waals surface area (Å²) in [6.07, 6.45) is 3.80. The molecule has 3 heterocycles. The molecule has 3 atom stereocenters. The predicted octanol–water partition coefficient (Wildman–Crippen LogP) is 3.42. The number of hydrogen-bond donors (Lipinski definition) is 2. The molecule has 0 aromatic heterocycles. The maximum atomic E-state index is 13.4. The predicted molar refractivity (Wildman–Crippen MR) is 119 cm³/mol. The molecular weight excluding hydrogens is 390 g/mol. The summed E-state index contributed by atoms with van der Waals surface area (Å²) in [5.41, 5.74) is 1.91. The van der Waals surface area contributed by atoms with Crippen LogP contribution in [-0.2, 0) is 21.7 Å². The fraction of sp³-hybridized carbons (Fsp3) is 0.440. The second-order valence-corrected chi connectivity index (χ2v) is 8.75. The number of ether oxygens (including phenoxy) is 1. The average molecular weight is 420 g/mol. The summed E-state index contributed by atoms with van der Waals surface area (Å²) >= 11 is 0. The second kappa shape index (κ2) is 8.00. The Morgan fingerprint density at radius 1 is 1.23 bits per heavy atom. The van der Waals surface area contributed by atoms with Gasteiger partial charge in [0.05, 0.1) is 12.5 Å². The molecular formula is C25H29N3O3. The number of fused-ring (bicyclic) bond motifs is 4. The maximum absolute atomic E-state index is 13.4. The van der Waals surface area contributed by atoms with Crippen molar-refractivity contribution in [2.75, 3.05) is 18.5 Å². The highest BCUT2D eigenvalue weighted by atomic mass is 16.5. The fourth-order valence-corrected chi connectivity index (χ4v) is 5.62. The molecule has 5 rings (SSSR count). The summed E-state index contributed by atoms with van der Waals surface area (Å²) in [6, 6.07) is 15.9. The van der Waals surface area contributed by atoms with Crippen LogP contribution in [0.15, 0.2) is 48.5 Å². The lowest BCUT2D eigenvalue weighted by molar-refractivity contribution is -0.137. The van der Waals surface area contributed by atoms with Gasteiger partial charge >= 0.3 is 0 Å². The first-order valence-corrected chi connectivity index (χ1v) is 11.3. The Morgan fingerprint density at radius 3 is 2.84 bits per heavy atom. The first-order chi connectivity index (χ1) is 15.1. The quantitative estimate of drug-likeness (QED) is 0.753. The topological polar surface area (TPSA) is 70.7 Å². The molecule has 2 aromatic carbocycles. The SMILES string of the molecule is CCCOc1ccc(CNC(=O)C2CC3CCCN3C23C(=O)Nc2ccccc23)cc1. The smallest absolute Gasteiger partial charge is 0.250 e. The van der Waals surface area contributed by atoms with Crippen LogP contribution in [0.4, 0.5) is 5.69 Å². The van der Waals surface area contributed by atoms with Crippen molar-refractivity contribution in [3.8, 4) is 5.75 Å². The van der Waals surface area contributed by atoms with Gasteiger partial charge in [-0.05, 0) is 56.0 Å². The standard InChI is InChI=1S/C25H29N3O3/c1-2-14-31-19-11-9-17(10-12-19)16-26-23(29)21-15-18-6-5-13-28(18)25(21)20-7-3-4-8-22(20)27-24(25)30/h3-4,7-12,18,21H,2,5-6,13-16H2,1H3,(H,26,29)(H,27,30). The number of anilines is 1. The van der Waals surface area contributed by atoms with Crippen molar-refractivity contribution in [2.45, 2.75) is 50.7 Å². The minimum Gasteiger partial charge on any atom is -0.494 e. The summed E-state index contributed by atoms with van der Waals surface area (Å²) < 4.78 is 5.63. The molecule has 2 saturated heterocycles. The first-order valence-electron chi connectivity index (χ1n) is 11.3. The molecule has 31 heavy (non-hydrogen) atoms. The van der Waals surface area contributed by atoms with E-state index in [1.54, 1.807) is 0 Å². The second-order valence-electron chi connectivity index (χ2n) is 8.75. The van der Waals surface area contributed by atoms with Crippen LogP contribution < -0.4 is 15.4 Å². The number of amides is 2. The third-order valence-corrected chi connectivity index (χ3v) is 6.95. The van der Waals surface area contributed by atoms with Crippen LogP contribution in [0, 0.1) is 5.92 Å². The van der Waals surface area contributed by atoms with Crippen molar-refractivity contribution < 1.29 is 14.3 Å². The van der Waals surface area contributed by atoms with Crippen molar-refractivity contribution >= 4 is 17.5 Å². The summed E-state index contributed by atoms with van der Waals surface area (Å²) in [7, 11) is 0. The lowest BCUT2D eigenvalue weighted by atomic mass is 9.78. The van der Waals surface area contributed by atoms with Gasteiger partial charge in [0.25, 0.3) is 0 Å². The zero-order valence-electron chi connectivity index (χ0n) is 17.9. The number of carbonyl (C=O) groups is 2. The van der Waals surface area contributed by atoms with E-state index in [1.807, 2.05) is 48.5 Å². The lowest BCUT2D eigenvalue weighted by Gasteiger charge is -2.36. The number of hydrogen-bond acceptors (Lipinski definition) is 4. The monoisotopic (exact) mass is 419 g/mol. The zero-order chi connectivity index (χ0) is 21.4. The van der Waals surface area contributed by atoms with Gasteiger partial charge in [-0.2, -0.15) is 0 Å². The van der Waals surface area contributed by atoms with E-state index in [0.717, 1.165) is 54.8 Å². The molecule has 0 bridgehead atoms. The van der Waals surface area contributed by atoms with Crippen LogP contribution in [-0.4, -0.2) is 35.9 Å². The van der Waals surface area contributed by atoms with Gasteiger partial charge in [0.15, 0.2) is 0 Å². The number of benzene rings is 2. The Hall–Kier alpha value is -2.86. The van der Waals surface area contributed by atoms with Crippen LogP contribution in [0.5, 0.6) is 5.75 Å². The van der Waals surface area contributed by atoms with Crippen molar-refractivity contribution in [1.82, 2.24) is 10.2 Å². The Balaban J connectivity index is 1.37. The third-order valence-electron chi connectivity index (χ3n) is 6.95. The van der Waals surface area contributed by atoms with Crippen LogP contribution in [0.1, 0.15) is 43.7 Å². The van der Waals surface area contributed by atoms with E-state index >= 15 is 0 Å². The number of carbonyl (C=O) groups excluding carboxylic acids is 2. The van der Waals surface area contributed by atoms with Crippen molar-refractivity contribution in [3.63, 3.8) is 0 Å². The van der Waals surface area contributed by atoms with Gasteiger partial charge in [0.1, 0.15) is 11.3 Å². The molecule has 2 amide bonds. The van der Waals surface area contributed by atoms with Gasteiger partial charge in [-0.15, -0.1) is 0 Å². The van der Waals surface area contributed by atoms with Gasteiger partial charge in [0, 0.05) is 23.8 Å². The molecule has 3 aliphatic rings. The van der Waals surface area contributed by atoms with Crippen LogP contribution in [0.2, 0.25) is 0 Å². The summed E-state index contributed by atoms with van der Waals surface area (Å²) in [4.78, 5) is 29.1. The van der Waals surface area contributed by atoms with E-state index < -0.39 is 11.5 Å². The summed E-state index contributed by atoms with van der Waals surface area (Å²) in [5, 5.41) is 6.16. The number of para-hydroxylation sites is 1. The molecule has 3 aliphatic heterocycles. The minimum absolute atomic E-state index is 0.0486. The number of nitrogens with one attached hydrogen (secondary N) is 2. The minimum atomic E-state index is -0.889. The van der Waals surface area contributed by atoms with Gasteiger partial charge in [-0.1, -0.05) is 37.3 Å². The Labute approximate surface area is 183 Å². The molecule has 0 radical (unpaired) electrons. The first kappa shape index (κ1) is 20.1. The highest BCUT2D eigenvalue weighted by molar-refractivity contribution is 6.09. The van der Waals surface area contributed by atoms with Gasteiger partial charge in [0.2, 0.25) is 11.8 Å². The fourth-order valence-electron chi connectivity index (χ4n) is 5.62. The van der Waals surface area contributed by atoms with Crippen LogP contribution in [0.25, 0.3) is 0 Å². The highest BCUT2D eigenvalue weighted by Crippen LogP contribution is 2.55. The molecule has 1 spiro atoms. The van der Waals surface area contributed by atoms with E-state index in [1.165, 1.54) is 0 Å². The van der Waals surface area contributed by atoms with Crippen molar-refractivity contribution in [2.24, 2.45) is 5.92 Å². The Bertz CT molecular complexity index is 990. The Morgan fingerprint density at radius 2 is 2.03 bits per heavy atom. The molecule has 0 aliphatic carbocycles. The van der Waals surface area contributed by atoms with E-state index in [4.69, 9.17) is 4.74 Å². The molecule has 2 fully saturated rings. The van der Waals surface area contributed by atoms with Gasteiger partial charge < -0.3 is 15.4 Å². The lowest BCUT2D eigenvalue weighted by Crippen LogP contribution is -2.54. The van der Waals surface area contributed by atoms with Crippen molar-refractivity contribution in [1.29, 1.82) is 0 Å². The molecule has 3 unspecified atom stereocenters. The molecule has 6 heteroatoms. The third kappa shape index (κ3) is 3.21.